The predicted molar refractivity (Wildman–Crippen MR) is 96.3 cm³/mol. The topological polar surface area (TPSA) is 76.0 Å². The van der Waals surface area contributed by atoms with Crippen molar-refractivity contribution in [2.24, 2.45) is 0 Å². The maximum Gasteiger partial charge on any atom is 0.263 e. The number of aromatic amines is 1. The highest BCUT2D eigenvalue weighted by atomic mass is 16.5. The number of anilines is 1. The molecule has 1 fully saturated rings. The van der Waals surface area contributed by atoms with Crippen LogP contribution in [0.25, 0.3) is 16.7 Å². The quantitative estimate of drug-likeness (QED) is 0.720. The third kappa shape index (κ3) is 2.94. The number of nitrogens with one attached hydrogen (secondary N) is 1. The minimum atomic E-state index is -0.183. The van der Waals surface area contributed by atoms with Crippen LogP contribution in [0.3, 0.4) is 0 Å². The van der Waals surface area contributed by atoms with Crippen LogP contribution >= 0.6 is 0 Å². The molecule has 1 aliphatic rings. The van der Waals surface area contributed by atoms with Gasteiger partial charge in [0.1, 0.15) is 5.39 Å². The van der Waals surface area contributed by atoms with Gasteiger partial charge in [-0.1, -0.05) is 24.3 Å². The van der Waals surface area contributed by atoms with E-state index in [0.717, 1.165) is 18.7 Å². The average molecular weight is 337 g/mol. The minimum Gasteiger partial charge on any atom is -0.372 e. The maximum absolute atomic E-state index is 12.4. The van der Waals surface area contributed by atoms with Gasteiger partial charge in [0.05, 0.1) is 24.6 Å². The van der Waals surface area contributed by atoms with E-state index in [9.17, 15) is 4.79 Å². The van der Waals surface area contributed by atoms with Gasteiger partial charge in [0.15, 0.2) is 5.65 Å². The van der Waals surface area contributed by atoms with E-state index in [2.05, 4.69) is 21.6 Å². The first-order valence-electron chi connectivity index (χ1n) is 8.27. The van der Waals surface area contributed by atoms with Gasteiger partial charge in [-0.3, -0.25) is 9.78 Å². The normalized spacial score (nSPS) is 17.3. The summed E-state index contributed by atoms with van der Waals surface area (Å²) >= 11 is 0. The van der Waals surface area contributed by atoms with Crippen molar-refractivity contribution in [3.63, 3.8) is 0 Å². The van der Waals surface area contributed by atoms with E-state index in [1.807, 2.05) is 35.2 Å². The second-order valence-corrected chi connectivity index (χ2v) is 6.00. The van der Waals surface area contributed by atoms with E-state index in [1.165, 1.54) is 0 Å². The number of aromatic nitrogens is 4. The monoisotopic (exact) mass is 337 g/mol. The fraction of sp³-hybridized carbons (Fsp3) is 0.278. The van der Waals surface area contributed by atoms with Gasteiger partial charge in [0, 0.05) is 13.1 Å². The molecule has 1 aliphatic heterocycles. The number of para-hydroxylation sites is 1. The van der Waals surface area contributed by atoms with Crippen LogP contribution < -0.4 is 10.5 Å². The number of hydrogen-bond donors (Lipinski definition) is 1. The van der Waals surface area contributed by atoms with E-state index in [4.69, 9.17) is 4.74 Å². The largest absolute Gasteiger partial charge is 0.372 e. The second kappa shape index (κ2) is 6.52. The van der Waals surface area contributed by atoms with E-state index in [0.29, 0.717) is 30.1 Å². The molecular weight excluding hydrogens is 318 g/mol. The van der Waals surface area contributed by atoms with E-state index >= 15 is 0 Å². The molecule has 7 heteroatoms. The molecule has 0 radical (unpaired) electrons. The Kier molecular flexibility index (Phi) is 4.07. The molecule has 2 aromatic heterocycles. The van der Waals surface area contributed by atoms with Gasteiger partial charge in [-0.05, 0) is 18.6 Å². The summed E-state index contributed by atoms with van der Waals surface area (Å²) in [4.78, 5) is 22.0. The number of H-pyrrole nitrogens is 1. The molecule has 0 spiro atoms. The molecule has 0 amide bonds. The van der Waals surface area contributed by atoms with Crippen LogP contribution in [0, 0.1) is 0 Å². The molecule has 1 N–H and O–H groups in total. The highest BCUT2D eigenvalue weighted by Crippen LogP contribution is 2.20. The zero-order chi connectivity index (χ0) is 17.2. The Hall–Kier alpha value is -2.93. The van der Waals surface area contributed by atoms with Crippen molar-refractivity contribution in [2.45, 2.75) is 12.5 Å². The highest BCUT2D eigenvalue weighted by Gasteiger charge is 2.25. The Morgan fingerprint density at radius 1 is 1.36 bits per heavy atom. The zero-order valence-electron chi connectivity index (χ0n) is 13.8. The van der Waals surface area contributed by atoms with Gasteiger partial charge in [-0.2, -0.15) is 10.1 Å². The lowest BCUT2D eigenvalue weighted by Crippen LogP contribution is -2.27. The SMILES string of the molecule is C=CCOC1CCN(c2nc3c(cnn3-c3ccccc3)c(=O)[nH]2)C1. The Morgan fingerprint density at radius 3 is 3.00 bits per heavy atom. The Labute approximate surface area is 144 Å². The fourth-order valence-electron chi connectivity index (χ4n) is 3.08. The molecule has 25 heavy (non-hydrogen) atoms. The molecule has 0 aliphatic carbocycles. The van der Waals surface area contributed by atoms with Crippen molar-refractivity contribution in [3.8, 4) is 5.69 Å². The summed E-state index contributed by atoms with van der Waals surface area (Å²) in [6, 6.07) is 9.67. The van der Waals surface area contributed by atoms with Gasteiger partial charge in [-0.25, -0.2) is 4.68 Å². The van der Waals surface area contributed by atoms with Crippen molar-refractivity contribution < 1.29 is 4.74 Å². The lowest BCUT2D eigenvalue weighted by atomic mass is 10.3. The first-order valence-corrected chi connectivity index (χ1v) is 8.27. The fourth-order valence-corrected chi connectivity index (χ4v) is 3.08. The Morgan fingerprint density at radius 2 is 2.20 bits per heavy atom. The van der Waals surface area contributed by atoms with Crippen LogP contribution in [0.1, 0.15) is 6.42 Å². The summed E-state index contributed by atoms with van der Waals surface area (Å²) in [5.74, 6) is 0.555. The van der Waals surface area contributed by atoms with Crippen LogP contribution in [0.15, 0.2) is 54.0 Å². The third-order valence-electron chi connectivity index (χ3n) is 4.32. The molecule has 1 unspecified atom stereocenters. The van der Waals surface area contributed by atoms with Gasteiger partial charge in [0.25, 0.3) is 5.56 Å². The number of benzene rings is 1. The number of rotatable bonds is 5. The van der Waals surface area contributed by atoms with Gasteiger partial charge in [-0.15, -0.1) is 6.58 Å². The molecule has 4 rings (SSSR count). The Balaban J connectivity index is 1.70. The van der Waals surface area contributed by atoms with Crippen LogP contribution in [-0.4, -0.2) is 45.5 Å². The minimum absolute atomic E-state index is 0.123. The predicted octanol–water partition coefficient (Wildman–Crippen LogP) is 1.89. The molecule has 0 saturated carbocycles. The molecular formula is C18H19N5O2. The number of hydrogen-bond acceptors (Lipinski definition) is 5. The molecule has 128 valence electrons. The van der Waals surface area contributed by atoms with Crippen LogP contribution in [-0.2, 0) is 4.74 Å². The van der Waals surface area contributed by atoms with Crippen LogP contribution in [0.5, 0.6) is 0 Å². The number of nitrogens with zero attached hydrogens (tertiary/aromatic N) is 4. The lowest BCUT2D eigenvalue weighted by Gasteiger charge is -2.17. The molecule has 0 bridgehead atoms. The lowest BCUT2D eigenvalue weighted by molar-refractivity contribution is 0.0908. The summed E-state index contributed by atoms with van der Waals surface area (Å²) in [5, 5.41) is 4.81. The summed E-state index contributed by atoms with van der Waals surface area (Å²) < 4.78 is 7.39. The van der Waals surface area contributed by atoms with Crippen molar-refractivity contribution in [1.29, 1.82) is 0 Å². The molecule has 7 nitrogen and oxygen atoms in total. The number of fused-ring (bicyclic) bond motifs is 1. The van der Waals surface area contributed by atoms with Gasteiger partial charge < -0.3 is 9.64 Å². The van der Waals surface area contributed by atoms with Crippen LogP contribution in [0.2, 0.25) is 0 Å². The van der Waals surface area contributed by atoms with Gasteiger partial charge >= 0.3 is 0 Å². The molecule has 1 aromatic carbocycles. The first kappa shape index (κ1) is 15.6. The van der Waals surface area contributed by atoms with Crippen molar-refractivity contribution in [3.05, 3.63) is 59.5 Å². The summed E-state index contributed by atoms with van der Waals surface area (Å²) in [5.41, 5.74) is 1.24. The average Bonchev–Trinajstić information content (AvgIpc) is 3.28. The van der Waals surface area contributed by atoms with E-state index in [1.54, 1.807) is 17.0 Å². The second-order valence-electron chi connectivity index (χ2n) is 6.00. The summed E-state index contributed by atoms with van der Waals surface area (Å²) in [6.07, 6.45) is 4.32. The standard InChI is InChI=1S/C18H19N5O2/c1-2-10-25-14-8-9-22(12-14)18-20-16-15(17(24)21-18)11-19-23(16)13-6-4-3-5-7-13/h2-7,11,14H,1,8-10,12H2,(H,20,21,24). The Bertz CT molecular complexity index is 947. The number of ether oxygens (including phenoxy) is 1. The van der Waals surface area contributed by atoms with E-state index < -0.39 is 0 Å². The third-order valence-corrected chi connectivity index (χ3v) is 4.32. The van der Waals surface area contributed by atoms with Gasteiger partial charge in [0.2, 0.25) is 5.95 Å². The molecule has 1 atom stereocenters. The van der Waals surface area contributed by atoms with Crippen molar-refractivity contribution in [1.82, 2.24) is 19.7 Å². The van der Waals surface area contributed by atoms with Crippen molar-refractivity contribution >= 4 is 17.0 Å². The maximum atomic E-state index is 12.4. The highest BCUT2D eigenvalue weighted by molar-refractivity contribution is 5.76. The summed E-state index contributed by atoms with van der Waals surface area (Å²) in [6.45, 7) is 5.68. The molecule has 1 saturated heterocycles. The molecule has 3 aromatic rings. The molecule has 3 heterocycles. The zero-order valence-corrected chi connectivity index (χ0v) is 13.8. The summed E-state index contributed by atoms with van der Waals surface area (Å²) in [7, 11) is 0. The van der Waals surface area contributed by atoms with Crippen molar-refractivity contribution in [2.75, 3.05) is 24.6 Å². The van der Waals surface area contributed by atoms with Crippen LogP contribution in [0.4, 0.5) is 5.95 Å². The first-order chi connectivity index (χ1) is 12.3. The van der Waals surface area contributed by atoms with E-state index in [-0.39, 0.29) is 11.7 Å². The smallest absolute Gasteiger partial charge is 0.263 e.